The lowest BCUT2D eigenvalue weighted by Crippen LogP contribution is -2.49. The third kappa shape index (κ3) is 4.73. The van der Waals surface area contributed by atoms with Crippen LogP contribution in [-0.2, 0) is 11.3 Å². The normalized spacial score (nSPS) is 23.0. The van der Waals surface area contributed by atoms with Gasteiger partial charge in [0.15, 0.2) is 0 Å². The highest BCUT2D eigenvalue weighted by Gasteiger charge is 2.28. The van der Waals surface area contributed by atoms with Gasteiger partial charge in [0.2, 0.25) is 5.91 Å². The molecule has 126 valence electrons. The highest BCUT2D eigenvalue weighted by molar-refractivity contribution is 5.81. The minimum absolute atomic E-state index is 0.00953. The zero-order chi connectivity index (χ0) is 15.9. The van der Waals surface area contributed by atoms with Crippen molar-refractivity contribution in [2.24, 2.45) is 0 Å². The van der Waals surface area contributed by atoms with Crippen molar-refractivity contribution in [2.75, 3.05) is 13.1 Å². The fourth-order valence-electron chi connectivity index (χ4n) is 3.18. The van der Waals surface area contributed by atoms with E-state index in [2.05, 4.69) is 56.4 Å². The molecule has 0 saturated carbocycles. The molecule has 2 heterocycles. The van der Waals surface area contributed by atoms with Gasteiger partial charge in [-0.3, -0.25) is 9.69 Å². The first-order chi connectivity index (χ1) is 11.3. The molecule has 23 heavy (non-hydrogen) atoms. The third-order valence-corrected chi connectivity index (χ3v) is 4.43. The molecule has 0 bridgehead atoms. The van der Waals surface area contributed by atoms with Crippen LogP contribution in [0.4, 0.5) is 0 Å². The number of hydrogen-bond donors (Lipinski definition) is 5. The van der Waals surface area contributed by atoms with Gasteiger partial charge in [0.1, 0.15) is 0 Å². The van der Waals surface area contributed by atoms with Gasteiger partial charge in [-0.15, -0.1) is 0 Å². The second-order valence-corrected chi connectivity index (χ2v) is 6.14. The minimum atomic E-state index is -0.00953. The van der Waals surface area contributed by atoms with Gasteiger partial charge in [-0.05, 0) is 31.4 Å². The number of carbonyl (C=O) groups is 1. The number of nitrogens with zero attached hydrogens (tertiary/aromatic N) is 1. The van der Waals surface area contributed by atoms with Crippen molar-refractivity contribution in [1.29, 1.82) is 0 Å². The van der Waals surface area contributed by atoms with E-state index in [0.717, 1.165) is 32.4 Å². The lowest BCUT2D eigenvalue weighted by atomic mass is 10.0. The zero-order valence-corrected chi connectivity index (χ0v) is 13.3. The van der Waals surface area contributed by atoms with Crippen LogP contribution in [0.25, 0.3) is 0 Å². The topological polar surface area (TPSA) is 80.5 Å². The van der Waals surface area contributed by atoms with Crippen molar-refractivity contribution >= 4 is 5.91 Å². The van der Waals surface area contributed by atoms with E-state index in [1.54, 1.807) is 0 Å². The number of piperidine rings is 1. The molecule has 0 aromatic heterocycles. The fourth-order valence-corrected chi connectivity index (χ4v) is 3.18. The van der Waals surface area contributed by atoms with E-state index < -0.39 is 0 Å². The molecule has 0 radical (unpaired) electrons. The van der Waals surface area contributed by atoms with E-state index in [4.69, 9.17) is 0 Å². The van der Waals surface area contributed by atoms with Crippen LogP contribution >= 0.6 is 0 Å². The predicted molar refractivity (Wildman–Crippen MR) is 88.4 cm³/mol. The number of hydrazine groups is 3. The van der Waals surface area contributed by atoms with Crippen molar-refractivity contribution in [1.82, 2.24) is 32.1 Å². The zero-order valence-electron chi connectivity index (χ0n) is 13.3. The SMILES string of the molecule is O=C(NCCC1NNNN1)C1CCCCN1Cc1ccccc1. The molecular formula is C16H26N6O. The fraction of sp³-hybridized carbons (Fsp3) is 0.562. The largest absolute Gasteiger partial charge is 0.355 e. The number of amides is 1. The quantitative estimate of drug-likeness (QED) is 0.508. The van der Waals surface area contributed by atoms with Crippen molar-refractivity contribution in [3.63, 3.8) is 0 Å². The molecule has 2 fully saturated rings. The van der Waals surface area contributed by atoms with E-state index in [1.165, 1.54) is 12.0 Å². The van der Waals surface area contributed by atoms with Gasteiger partial charge in [-0.25, -0.2) is 10.9 Å². The average molecular weight is 318 g/mol. The first kappa shape index (κ1) is 16.4. The molecule has 1 unspecified atom stereocenters. The number of benzene rings is 1. The van der Waals surface area contributed by atoms with Crippen LogP contribution in [0.5, 0.6) is 0 Å². The maximum Gasteiger partial charge on any atom is 0.237 e. The lowest BCUT2D eigenvalue weighted by molar-refractivity contribution is -0.127. The second-order valence-electron chi connectivity index (χ2n) is 6.14. The van der Waals surface area contributed by atoms with Crippen LogP contribution in [0, 0.1) is 0 Å². The van der Waals surface area contributed by atoms with Crippen molar-refractivity contribution in [3.05, 3.63) is 35.9 Å². The Kier molecular flexibility index (Phi) is 5.95. The molecule has 1 aromatic carbocycles. The molecule has 1 atom stereocenters. The highest BCUT2D eigenvalue weighted by atomic mass is 16.2. The summed E-state index contributed by atoms with van der Waals surface area (Å²) >= 11 is 0. The molecule has 2 aliphatic rings. The molecule has 1 amide bonds. The average Bonchev–Trinajstić information content (AvgIpc) is 3.09. The minimum Gasteiger partial charge on any atom is -0.355 e. The van der Waals surface area contributed by atoms with Gasteiger partial charge in [-0.2, -0.15) is 11.1 Å². The molecule has 1 aromatic rings. The summed E-state index contributed by atoms with van der Waals surface area (Å²) < 4.78 is 0. The van der Waals surface area contributed by atoms with Crippen LogP contribution in [0.2, 0.25) is 0 Å². The van der Waals surface area contributed by atoms with Crippen LogP contribution < -0.4 is 27.2 Å². The van der Waals surface area contributed by atoms with E-state index in [1.807, 2.05) is 6.07 Å². The molecule has 0 spiro atoms. The van der Waals surface area contributed by atoms with Crippen LogP contribution in [0.1, 0.15) is 31.2 Å². The van der Waals surface area contributed by atoms with Crippen molar-refractivity contribution < 1.29 is 4.79 Å². The predicted octanol–water partition coefficient (Wildman–Crippen LogP) is -0.00950. The molecule has 2 aliphatic heterocycles. The van der Waals surface area contributed by atoms with E-state index in [0.29, 0.717) is 6.54 Å². The standard InChI is InChI=1S/C16H26N6O/c23-16(17-10-9-15-18-20-21-19-15)14-8-4-5-11-22(14)12-13-6-2-1-3-7-13/h1-3,6-7,14-15,18-21H,4-5,8-12H2,(H,17,23). The Morgan fingerprint density at radius 2 is 1.96 bits per heavy atom. The van der Waals surface area contributed by atoms with Crippen LogP contribution in [0.3, 0.4) is 0 Å². The van der Waals surface area contributed by atoms with Gasteiger partial charge >= 0.3 is 0 Å². The summed E-state index contributed by atoms with van der Waals surface area (Å²) in [6.07, 6.45) is 4.19. The van der Waals surface area contributed by atoms with Gasteiger partial charge < -0.3 is 5.32 Å². The monoisotopic (exact) mass is 318 g/mol. The summed E-state index contributed by atoms with van der Waals surface area (Å²) in [4.78, 5) is 14.9. The molecule has 3 rings (SSSR count). The highest BCUT2D eigenvalue weighted by Crippen LogP contribution is 2.19. The Labute approximate surface area is 137 Å². The van der Waals surface area contributed by atoms with Gasteiger partial charge in [0.05, 0.1) is 12.2 Å². The van der Waals surface area contributed by atoms with Crippen LogP contribution in [0.15, 0.2) is 30.3 Å². The van der Waals surface area contributed by atoms with Crippen molar-refractivity contribution in [3.8, 4) is 0 Å². The number of carbonyl (C=O) groups excluding carboxylic acids is 1. The Morgan fingerprint density at radius 1 is 1.17 bits per heavy atom. The van der Waals surface area contributed by atoms with Gasteiger partial charge in [-0.1, -0.05) is 36.8 Å². The number of nitrogens with one attached hydrogen (secondary N) is 5. The van der Waals surface area contributed by atoms with Gasteiger partial charge in [0.25, 0.3) is 0 Å². The number of rotatable bonds is 6. The Bertz CT molecular complexity index is 491. The summed E-state index contributed by atoms with van der Waals surface area (Å²) in [5.74, 6) is 0.152. The number of hydrogen-bond acceptors (Lipinski definition) is 6. The summed E-state index contributed by atoms with van der Waals surface area (Å²) in [6.45, 7) is 2.49. The summed E-state index contributed by atoms with van der Waals surface area (Å²) in [5.41, 5.74) is 12.9. The third-order valence-electron chi connectivity index (χ3n) is 4.43. The Hall–Kier alpha value is -1.51. The maximum absolute atomic E-state index is 12.5. The molecule has 5 N–H and O–H groups in total. The molecule has 0 aliphatic carbocycles. The van der Waals surface area contributed by atoms with E-state index in [-0.39, 0.29) is 18.1 Å². The first-order valence-corrected chi connectivity index (χ1v) is 8.40. The van der Waals surface area contributed by atoms with Crippen molar-refractivity contribution in [2.45, 2.75) is 44.4 Å². The first-order valence-electron chi connectivity index (χ1n) is 8.40. The molecular weight excluding hydrogens is 292 g/mol. The van der Waals surface area contributed by atoms with Gasteiger partial charge in [0, 0.05) is 13.1 Å². The second kappa shape index (κ2) is 8.37. The molecule has 2 saturated heterocycles. The van der Waals surface area contributed by atoms with E-state index in [9.17, 15) is 4.79 Å². The molecule has 7 heteroatoms. The number of likely N-dealkylation sites (tertiary alicyclic amines) is 1. The summed E-state index contributed by atoms with van der Waals surface area (Å²) in [7, 11) is 0. The molecule has 7 nitrogen and oxygen atoms in total. The Morgan fingerprint density at radius 3 is 2.74 bits per heavy atom. The lowest BCUT2D eigenvalue weighted by Gasteiger charge is -2.34. The summed E-state index contributed by atoms with van der Waals surface area (Å²) in [5, 5.41) is 3.08. The van der Waals surface area contributed by atoms with E-state index >= 15 is 0 Å². The summed E-state index contributed by atoms with van der Waals surface area (Å²) in [6, 6.07) is 10.4. The maximum atomic E-state index is 12.5. The van der Waals surface area contributed by atoms with Crippen LogP contribution in [-0.4, -0.2) is 36.1 Å². The Balaban J connectivity index is 1.49. The smallest absolute Gasteiger partial charge is 0.237 e.